The average molecular weight is 431 g/mol. The van der Waals surface area contributed by atoms with Gasteiger partial charge in [0.15, 0.2) is 11.4 Å². The van der Waals surface area contributed by atoms with Crippen LogP contribution in [0.1, 0.15) is 0 Å². The van der Waals surface area contributed by atoms with Gasteiger partial charge in [-0.1, -0.05) is 6.07 Å². The highest BCUT2D eigenvalue weighted by atomic mass is 32.2. The van der Waals surface area contributed by atoms with Crippen molar-refractivity contribution in [1.29, 1.82) is 0 Å². The van der Waals surface area contributed by atoms with Crippen molar-refractivity contribution in [1.82, 2.24) is 15.0 Å². The minimum atomic E-state index is -0.459. The van der Waals surface area contributed by atoms with Crippen LogP contribution in [-0.2, 0) is 9.47 Å². The number of ether oxygens (including phenoxy) is 3. The molecule has 0 aliphatic rings. The Morgan fingerprint density at radius 3 is 2.37 bits per heavy atom. The third-order valence-electron chi connectivity index (χ3n) is 3.92. The van der Waals surface area contributed by atoms with Crippen molar-refractivity contribution in [3.63, 3.8) is 0 Å². The highest BCUT2D eigenvalue weighted by Gasteiger charge is 2.11. The van der Waals surface area contributed by atoms with Gasteiger partial charge in [0.1, 0.15) is 11.6 Å². The van der Waals surface area contributed by atoms with Crippen LogP contribution in [0.5, 0.6) is 5.75 Å². The Bertz CT molecular complexity index is 957. The lowest BCUT2D eigenvalue weighted by Gasteiger charge is -2.15. The van der Waals surface area contributed by atoms with Crippen molar-refractivity contribution < 1.29 is 18.6 Å². The third kappa shape index (κ3) is 6.28. The number of aromatic nitrogens is 3. The lowest BCUT2D eigenvalue weighted by molar-refractivity contribution is -0.0914. The molecule has 0 saturated heterocycles. The Labute approximate surface area is 178 Å². The number of hydrogen-bond donors (Lipinski definition) is 2. The number of rotatable bonds is 10. The molecule has 0 unspecified atom stereocenters. The first-order valence-electron chi connectivity index (χ1n) is 8.99. The van der Waals surface area contributed by atoms with E-state index in [4.69, 9.17) is 14.2 Å². The Hall–Kier alpha value is -2.95. The Morgan fingerprint density at radius 2 is 1.70 bits per heavy atom. The van der Waals surface area contributed by atoms with Crippen molar-refractivity contribution in [2.45, 2.75) is 16.3 Å². The minimum absolute atomic E-state index is 0.278. The molecule has 0 atom stereocenters. The molecule has 0 fully saturated rings. The normalized spacial score (nSPS) is 10.8. The topological polar surface area (TPSA) is 90.4 Å². The first-order chi connectivity index (χ1) is 14.6. The molecule has 2 N–H and O–H groups in total. The first kappa shape index (κ1) is 21.8. The molecule has 0 spiro atoms. The van der Waals surface area contributed by atoms with E-state index in [-0.39, 0.29) is 11.8 Å². The van der Waals surface area contributed by atoms with Crippen molar-refractivity contribution >= 4 is 29.3 Å². The maximum Gasteiger partial charge on any atom is 0.233 e. The predicted octanol–water partition coefficient (Wildman–Crippen LogP) is 3.94. The summed E-state index contributed by atoms with van der Waals surface area (Å²) in [6, 6.07) is 13.6. The fraction of sp³-hybridized carbons (Fsp3) is 0.250. The van der Waals surface area contributed by atoms with E-state index in [9.17, 15) is 4.39 Å². The van der Waals surface area contributed by atoms with Crippen LogP contribution < -0.4 is 15.4 Å². The predicted molar refractivity (Wildman–Crippen MR) is 113 cm³/mol. The van der Waals surface area contributed by atoms with Gasteiger partial charge in [-0.15, -0.1) is 0 Å². The summed E-state index contributed by atoms with van der Waals surface area (Å²) < 4.78 is 29.1. The Balaban J connectivity index is 1.84. The van der Waals surface area contributed by atoms with E-state index in [2.05, 4.69) is 25.6 Å². The lowest BCUT2D eigenvalue weighted by atomic mass is 10.3. The largest absolute Gasteiger partial charge is 0.497 e. The molecule has 3 aromatic rings. The van der Waals surface area contributed by atoms with Crippen LogP contribution in [-0.4, -0.2) is 49.1 Å². The van der Waals surface area contributed by atoms with Crippen LogP contribution >= 0.6 is 11.8 Å². The first-order valence-corrected chi connectivity index (χ1v) is 9.81. The highest BCUT2D eigenvalue weighted by Crippen LogP contribution is 2.28. The van der Waals surface area contributed by atoms with E-state index in [1.54, 1.807) is 33.5 Å². The molecule has 0 amide bonds. The molecule has 10 heteroatoms. The summed E-state index contributed by atoms with van der Waals surface area (Å²) >= 11 is 1.36. The molecule has 1 aromatic heterocycles. The van der Waals surface area contributed by atoms with Crippen LogP contribution in [0.25, 0.3) is 0 Å². The number of benzene rings is 2. The molecule has 0 bridgehead atoms. The summed E-state index contributed by atoms with van der Waals surface area (Å²) in [5.74, 6) is 1.01. The molecule has 2 aromatic carbocycles. The van der Waals surface area contributed by atoms with Gasteiger partial charge >= 0.3 is 0 Å². The van der Waals surface area contributed by atoms with E-state index >= 15 is 0 Å². The van der Waals surface area contributed by atoms with E-state index in [0.29, 0.717) is 23.3 Å². The van der Waals surface area contributed by atoms with E-state index in [1.165, 1.54) is 23.9 Å². The quantitative estimate of drug-likeness (QED) is 0.463. The second kappa shape index (κ2) is 10.7. The monoisotopic (exact) mass is 431 g/mol. The second-order valence-electron chi connectivity index (χ2n) is 5.96. The molecule has 8 nitrogen and oxygen atoms in total. The van der Waals surface area contributed by atoms with Crippen LogP contribution in [0.2, 0.25) is 0 Å². The molecule has 0 aliphatic heterocycles. The summed E-state index contributed by atoms with van der Waals surface area (Å²) in [6.07, 6.45) is -0.459. The summed E-state index contributed by atoms with van der Waals surface area (Å²) in [5.41, 5.74) is 0.527. The third-order valence-corrected chi connectivity index (χ3v) is 4.79. The van der Waals surface area contributed by atoms with Gasteiger partial charge in [0, 0.05) is 24.8 Å². The molecular formula is C20H22FN5O3S. The highest BCUT2D eigenvalue weighted by molar-refractivity contribution is 7.99. The smallest absolute Gasteiger partial charge is 0.233 e. The zero-order valence-electron chi connectivity index (χ0n) is 16.8. The van der Waals surface area contributed by atoms with Gasteiger partial charge in [0.05, 0.1) is 13.7 Å². The van der Waals surface area contributed by atoms with Gasteiger partial charge in [-0.05, 0) is 54.2 Å². The fourth-order valence-electron chi connectivity index (χ4n) is 2.42. The molecule has 30 heavy (non-hydrogen) atoms. The van der Waals surface area contributed by atoms with E-state index in [0.717, 1.165) is 10.6 Å². The summed E-state index contributed by atoms with van der Waals surface area (Å²) in [4.78, 5) is 14.2. The minimum Gasteiger partial charge on any atom is -0.497 e. The number of nitrogens with one attached hydrogen (secondary N) is 2. The van der Waals surface area contributed by atoms with Gasteiger partial charge < -0.3 is 24.8 Å². The van der Waals surface area contributed by atoms with Crippen LogP contribution in [0.3, 0.4) is 0 Å². The average Bonchev–Trinajstić information content (AvgIpc) is 2.75. The molecular weight excluding hydrogens is 409 g/mol. The Morgan fingerprint density at radius 1 is 0.967 bits per heavy atom. The fourth-order valence-corrected chi connectivity index (χ4v) is 3.17. The van der Waals surface area contributed by atoms with Crippen LogP contribution in [0.4, 0.5) is 22.0 Å². The molecule has 158 valence electrons. The van der Waals surface area contributed by atoms with Crippen LogP contribution in [0.15, 0.2) is 58.6 Å². The molecule has 0 radical (unpaired) electrons. The Kier molecular flexibility index (Phi) is 7.77. The number of anilines is 3. The van der Waals surface area contributed by atoms with Crippen molar-refractivity contribution in [2.24, 2.45) is 0 Å². The maximum atomic E-state index is 13.5. The van der Waals surface area contributed by atoms with Crippen molar-refractivity contribution in [2.75, 3.05) is 38.5 Å². The summed E-state index contributed by atoms with van der Waals surface area (Å²) in [7, 11) is 4.71. The molecule has 3 rings (SSSR count). The van der Waals surface area contributed by atoms with Crippen molar-refractivity contribution in [3.8, 4) is 5.75 Å². The van der Waals surface area contributed by atoms with Gasteiger partial charge in [-0.2, -0.15) is 15.0 Å². The SMILES string of the molecule is COc1ccc(Sc2nc(NCC(OC)OC)nc(Nc3cccc(F)c3)n2)cc1. The standard InChI is InChI=1S/C20H22FN5O3S/c1-27-15-7-9-16(10-8-15)30-20-25-18(22-12-17(28-2)29-3)24-19(26-20)23-14-6-4-5-13(21)11-14/h4-11,17H,12H2,1-3H3,(H2,22,23,24,25,26). The lowest BCUT2D eigenvalue weighted by Crippen LogP contribution is -2.24. The van der Waals surface area contributed by atoms with Crippen LogP contribution in [0, 0.1) is 5.82 Å². The van der Waals surface area contributed by atoms with Gasteiger partial charge in [0.2, 0.25) is 11.9 Å². The second-order valence-corrected chi connectivity index (χ2v) is 7.00. The molecule has 1 heterocycles. The molecule has 0 aliphatic carbocycles. The van der Waals surface area contributed by atoms with E-state index in [1.807, 2.05) is 24.3 Å². The zero-order chi connectivity index (χ0) is 21.3. The van der Waals surface area contributed by atoms with Crippen molar-refractivity contribution in [3.05, 3.63) is 54.3 Å². The van der Waals surface area contributed by atoms with Gasteiger partial charge in [-0.3, -0.25) is 0 Å². The van der Waals surface area contributed by atoms with Gasteiger partial charge in [0.25, 0.3) is 0 Å². The maximum absolute atomic E-state index is 13.5. The number of methoxy groups -OCH3 is 3. The molecule has 0 saturated carbocycles. The summed E-state index contributed by atoms with van der Waals surface area (Å²) in [5, 5.41) is 6.54. The summed E-state index contributed by atoms with van der Waals surface area (Å²) in [6.45, 7) is 0.336. The van der Waals surface area contributed by atoms with Gasteiger partial charge in [-0.25, -0.2) is 4.39 Å². The zero-order valence-corrected chi connectivity index (χ0v) is 17.6. The number of nitrogens with zero attached hydrogens (tertiary/aromatic N) is 3. The number of halogens is 1. The number of hydrogen-bond acceptors (Lipinski definition) is 9. The van der Waals surface area contributed by atoms with E-state index < -0.39 is 6.29 Å².